The molecule has 0 aliphatic carbocycles. The predicted octanol–water partition coefficient (Wildman–Crippen LogP) is 1.78. The Labute approximate surface area is 104 Å². The van der Waals surface area contributed by atoms with Crippen LogP contribution in [0.1, 0.15) is 24.6 Å². The summed E-state index contributed by atoms with van der Waals surface area (Å²) in [7, 11) is 2.19. The van der Waals surface area contributed by atoms with E-state index in [1.54, 1.807) is 0 Å². The molecule has 2 heterocycles. The SMILES string of the molecule is CCCc1ccc(CN2CCN(C)CC2)cn1. The molecule has 0 aromatic carbocycles. The summed E-state index contributed by atoms with van der Waals surface area (Å²) in [6.45, 7) is 7.95. The van der Waals surface area contributed by atoms with Crippen molar-refractivity contribution in [2.45, 2.75) is 26.3 Å². The van der Waals surface area contributed by atoms with Gasteiger partial charge in [-0.15, -0.1) is 0 Å². The predicted molar refractivity (Wildman–Crippen MR) is 71.0 cm³/mol. The fourth-order valence-corrected chi connectivity index (χ4v) is 2.22. The Morgan fingerprint density at radius 3 is 2.53 bits per heavy atom. The number of hydrogen-bond acceptors (Lipinski definition) is 3. The molecular formula is C14H23N3. The number of nitrogens with zero attached hydrogens (tertiary/aromatic N) is 3. The van der Waals surface area contributed by atoms with Crippen LogP contribution in [0.3, 0.4) is 0 Å². The Morgan fingerprint density at radius 1 is 1.18 bits per heavy atom. The van der Waals surface area contributed by atoms with E-state index in [4.69, 9.17) is 0 Å². The van der Waals surface area contributed by atoms with Crippen molar-refractivity contribution >= 4 is 0 Å². The highest BCUT2D eigenvalue weighted by Gasteiger charge is 2.13. The van der Waals surface area contributed by atoms with E-state index in [0.717, 1.165) is 13.0 Å². The van der Waals surface area contributed by atoms with Crippen LogP contribution in [-0.4, -0.2) is 48.0 Å². The second kappa shape index (κ2) is 6.12. The first-order chi connectivity index (χ1) is 8.28. The topological polar surface area (TPSA) is 19.4 Å². The average molecular weight is 233 g/mol. The van der Waals surface area contributed by atoms with Gasteiger partial charge < -0.3 is 4.90 Å². The molecule has 0 atom stereocenters. The van der Waals surface area contributed by atoms with Crippen LogP contribution in [0.5, 0.6) is 0 Å². The first-order valence-corrected chi connectivity index (χ1v) is 6.62. The summed E-state index contributed by atoms with van der Waals surface area (Å²) in [5.74, 6) is 0. The lowest BCUT2D eigenvalue weighted by Crippen LogP contribution is -2.43. The van der Waals surface area contributed by atoms with Gasteiger partial charge in [-0.3, -0.25) is 9.88 Å². The molecule has 2 rings (SSSR count). The Kier molecular flexibility index (Phi) is 4.51. The standard InChI is InChI=1S/C14H23N3/c1-3-4-14-6-5-13(11-15-14)12-17-9-7-16(2)8-10-17/h5-6,11H,3-4,7-10,12H2,1-2H3. The molecule has 1 saturated heterocycles. The van der Waals surface area contributed by atoms with Gasteiger partial charge in [-0.05, 0) is 25.1 Å². The maximum Gasteiger partial charge on any atom is 0.0403 e. The number of aromatic nitrogens is 1. The fourth-order valence-electron chi connectivity index (χ4n) is 2.22. The maximum atomic E-state index is 4.51. The van der Waals surface area contributed by atoms with Crippen LogP contribution >= 0.6 is 0 Å². The molecule has 0 spiro atoms. The highest BCUT2D eigenvalue weighted by atomic mass is 15.2. The van der Waals surface area contributed by atoms with Crippen LogP contribution in [0.15, 0.2) is 18.3 Å². The third kappa shape index (κ3) is 3.79. The number of likely N-dealkylation sites (N-methyl/N-ethyl adjacent to an activating group) is 1. The molecular weight excluding hydrogens is 210 g/mol. The average Bonchev–Trinajstić information content (AvgIpc) is 2.35. The zero-order valence-electron chi connectivity index (χ0n) is 11.0. The van der Waals surface area contributed by atoms with E-state index in [1.165, 1.54) is 43.9 Å². The maximum absolute atomic E-state index is 4.51. The lowest BCUT2D eigenvalue weighted by molar-refractivity contribution is 0.148. The summed E-state index contributed by atoms with van der Waals surface area (Å²) < 4.78 is 0. The third-order valence-corrected chi connectivity index (χ3v) is 3.39. The third-order valence-electron chi connectivity index (χ3n) is 3.39. The minimum absolute atomic E-state index is 1.05. The first kappa shape index (κ1) is 12.5. The van der Waals surface area contributed by atoms with Crippen molar-refractivity contribution in [1.29, 1.82) is 0 Å². The van der Waals surface area contributed by atoms with Crippen LogP contribution in [0.4, 0.5) is 0 Å². The number of pyridine rings is 1. The lowest BCUT2D eigenvalue weighted by atomic mass is 10.2. The second-order valence-electron chi connectivity index (χ2n) is 4.99. The molecule has 0 radical (unpaired) electrons. The Balaban J connectivity index is 1.86. The number of rotatable bonds is 4. The number of hydrogen-bond donors (Lipinski definition) is 0. The monoisotopic (exact) mass is 233 g/mol. The van der Waals surface area contributed by atoms with E-state index in [9.17, 15) is 0 Å². The molecule has 0 amide bonds. The molecule has 1 fully saturated rings. The van der Waals surface area contributed by atoms with Gasteiger partial charge in [-0.1, -0.05) is 19.4 Å². The van der Waals surface area contributed by atoms with E-state index in [0.29, 0.717) is 0 Å². The Hall–Kier alpha value is -0.930. The largest absolute Gasteiger partial charge is 0.304 e. The van der Waals surface area contributed by atoms with Gasteiger partial charge in [0.05, 0.1) is 0 Å². The van der Waals surface area contributed by atoms with E-state index in [2.05, 4.69) is 40.9 Å². The molecule has 0 N–H and O–H groups in total. The van der Waals surface area contributed by atoms with Crippen LogP contribution in [0.25, 0.3) is 0 Å². The molecule has 0 bridgehead atoms. The quantitative estimate of drug-likeness (QED) is 0.790. The zero-order chi connectivity index (χ0) is 12.1. The normalized spacial score (nSPS) is 18.5. The van der Waals surface area contributed by atoms with Gasteiger partial charge in [0.1, 0.15) is 0 Å². The molecule has 1 aliphatic heterocycles. The van der Waals surface area contributed by atoms with Crippen LogP contribution < -0.4 is 0 Å². The molecule has 0 unspecified atom stereocenters. The van der Waals surface area contributed by atoms with E-state index < -0.39 is 0 Å². The van der Waals surface area contributed by atoms with Gasteiger partial charge in [0.2, 0.25) is 0 Å². The van der Waals surface area contributed by atoms with Gasteiger partial charge in [-0.2, -0.15) is 0 Å². The second-order valence-corrected chi connectivity index (χ2v) is 4.99. The fraction of sp³-hybridized carbons (Fsp3) is 0.643. The number of piperazine rings is 1. The molecule has 1 aromatic heterocycles. The molecule has 17 heavy (non-hydrogen) atoms. The summed E-state index contributed by atoms with van der Waals surface area (Å²) >= 11 is 0. The van der Waals surface area contributed by atoms with Crippen LogP contribution in [0.2, 0.25) is 0 Å². The summed E-state index contributed by atoms with van der Waals surface area (Å²) in [6, 6.07) is 4.41. The van der Waals surface area contributed by atoms with E-state index in [1.807, 2.05) is 6.20 Å². The van der Waals surface area contributed by atoms with Gasteiger partial charge in [0.15, 0.2) is 0 Å². The molecule has 3 heteroatoms. The zero-order valence-corrected chi connectivity index (χ0v) is 11.0. The summed E-state index contributed by atoms with van der Waals surface area (Å²) in [4.78, 5) is 9.41. The van der Waals surface area contributed by atoms with Crippen molar-refractivity contribution in [2.24, 2.45) is 0 Å². The molecule has 0 saturated carbocycles. The Bertz CT molecular complexity index is 326. The molecule has 3 nitrogen and oxygen atoms in total. The van der Waals surface area contributed by atoms with E-state index >= 15 is 0 Å². The van der Waals surface area contributed by atoms with Crippen molar-refractivity contribution < 1.29 is 0 Å². The molecule has 1 aromatic rings. The van der Waals surface area contributed by atoms with Crippen molar-refractivity contribution in [3.05, 3.63) is 29.6 Å². The highest BCUT2D eigenvalue weighted by Crippen LogP contribution is 2.08. The minimum atomic E-state index is 1.05. The first-order valence-electron chi connectivity index (χ1n) is 6.62. The minimum Gasteiger partial charge on any atom is -0.304 e. The van der Waals surface area contributed by atoms with Gasteiger partial charge in [0.25, 0.3) is 0 Å². The van der Waals surface area contributed by atoms with Gasteiger partial charge >= 0.3 is 0 Å². The van der Waals surface area contributed by atoms with Crippen molar-refractivity contribution in [3.63, 3.8) is 0 Å². The smallest absolute Gasteiger partial charge is 0.0403 e. The van der Waals surface area contributed by atoms with Crippen molar-refractivity contribution in [1.82, 2.24) is 14.8 Å². The summed E-state index contributed by atoms with van der Waals surface area (Å²) in [6.07, 6.45) is 4.31. The van der Waals surface area contributed by atoms with Crippen LogP contribution in [0, 0.1) is 0 Å². The highest BCUT2D eigenvalue weighted by molar-refractivity contribution is 5.14. The van der Waals surface area contributed by atoms with E-state index in [-0.39, 0.29) is 0 Å². The number of aryl methyl sites for hydroxylation is 1. The Morgan fingerprint density at radius 2 is 1.94 bits per heavy atom. The van der Waals surface area contributed by atoms with Crippen LogP contribution in [-0.2, 0) is 13.0 Å². The molecule has 94 valence electrons. The van der Waals surface area contributed by atoms with Gasteiger partial charge in [-0.25, -0.2) is 0 Å². The summed E-state index contributed by atoms with van der Waals surface area (Å²) in [5, 5.41) is 0. The lowest BCUT2D eigenvalue weighted by Gasteiger charge is -2.32. The molecule has 1 aliphatic rings. The van der Waals surface area contributed by atoms with Crippen molar-refractivity contribution in [2.75, 3.05) is 33.2 Å². The summed E-state index contributed by atoms with van der Waals surface area (Å²) in [5.41, 5.74) is 2.56. The van der Waals surface area contributed by atoms with Gasteiger partial charge in [0, 0.05) is 44.6 Å². The van der Waals surface area contributed by atoms with Crippen molar-refractivity contribution in [3.8, 4) is 0 Å².